The normalized spacial score (nSPS) is 14.3. The number of hydrogen-bond acceptors (Lipinski definition) is 4. The molecule has 0 aromatic carbocycles. The molecule has 0 saturated carbocycles. The van der Waals surface area contributed by atoms with Crippen LogP contribution in [0.3, 0.4) is 0 Å². The molecule has 0 radical (unpaired) electrons. The Morgan fingerprint density at radius 1 is 1.00 bits per heavy atom. The lowest BCUT2D eigenvalue weighted by Gasteiger charge is -2.13. The standard InChI is InChI=1S/C8H12Br2O4/c1-3-13-7(11)5(9)6(10)8(12)14-4-2/h5-6H,3-4H2,1-2H3/t5-,6-/m0/s1. The van der Waals surface area contributed by atoms with Gasteiger partial charge < -0.3 is 9.47 Å². The quantitative estimate of drug-likeness (QED) is 0.567. The van der Waals surface area contributed by atoms with Gasteiger partial charge in [-0.3, -0.25) is 9.59 Å². The maximum atomic E-state index is 11.2. The molecule has 0 N–H and O–H groups in total. The molecule has 0 rings (SSSR count). The molecule has 0 amide bonds. The van der Waals surface area contributed by atoms with Crippen molar-refractivity contribution in [2.75, 3.05) is 13.2 Å². The summed E-state index contributed by atoms with van der Waals surface area (Å²) in [7, 11) is 0. The van der Waals surface area contributed by atoms with Gasteiger partial charge in [0.2, 0.25) is 0 Å². The van der Waals surface area contributed by atoms with Gasteiger partial charge in [0, 0.05) is 0 Å². The molecular weight excluding hydrogens is 320 g/mol. The molecule has 0 aliphatic heterocycles. The molecule has 0 aromatic rings. The van der Waals surface area contributed by atoms with E-state index >= 15 is 0 Å². The van der Waals surface area contributed by atoms with Crippen molar-refractivity contribution in [3.63, 3.8) is 0 Å². The van der Waals surface area contributed by atoms with Gasteiger partial charge in [-0.15, -0.1) is 0 Å². The van der Waals surface area contributed by atoms with Crippen LogP contribution in [0, 0.1) is 0 Å². The Hall–Kier alpha value is -0.100. The van der Waals surface area contributed by atoms with Crippen molar-refractivity contribution >= 4 is 43.8 Å². The average molecular weight is 332 g/mol. The summed E-state index contributed by atoms with van der Waals surface area (Å²) in [5.41, 5.74) is 0. The monoisotopic (exact) mass is 330 g/mol. The van der Waals surface area contributed by atoms with E-state index in [4.69, 9.17) is 9.47 Å². The highest BCUT2D eigenvalue weighted by molar-refractivity contribution is 9.12. The van der Waals surface area contributed by atoms with Gasteiger partial charge in [-0.2, -0.15) is 0 Å². The first-order chi connectivity index (χ1) is 6.54. The molecule has 2 atom stereocenters. The molecule has 6 heteroatoms. The van der Waals surface area contributed by atoms with Gasteiger partial charge in [-0.25, -0.2) is 0 Å². The van der Waals surface area contributed by atoms with Gasteiger partial charge >= 0.3 is 11.9 Å². The summed E-state index contributed by atoms with van der Waals surface area (Å²) in [4.78, 5) is 20.9. The van der Waals surface area contributed by atoms with Crippen LogP contribution in [0.25, 0.3) is 0 Å². The van der Waals surface area contributed by atoms with Crippen LogP contribution in [0.5, 0.6) is 0 Å². The van der Waals surface area contributed by atoms with Crippen LogP contribution in [0.2, 0.25) is 0 Å². The van der Waals surface area contributed by atoms with E-state index in [1.54, 1.807) is 13.8 Å². The zero-order valence-corrected chi connectivity index (χ0v) is 11.1. The number of alkyl halides is 2. The van der Waals surface area contributed by atoms with Gasteiger partial charge in [-0.1, -0.05) is 31.9 Å². The molecule has 0 bridgehead atoms. The van der Waals surface area contributed by atoms with Crippen molar-refractivity contribution < 1.29 is 19.1 Å². The van der Waals surface area contributed by atoms with E-state index in [1.807, 2.05) is 0 Å². The van der Waals surface area contributed by atoms with E-state index in [0.717, 1.165) is 0 Å². The summed E-state index contributed by atoms with van der Waals surface area (Å²) >= 11 is 6.12. The van der Waals surface area contributed by atoms with Gasteiger partial charge in [0.25, 0.3) is 0 Å². The van der Waals surface area contributed by atoms with Crippen LogP contribution in [-0.2, 0) is 19.1 Å². The van der Waals surface area contributed by atoms with E-state index in [-0.39, 0.29) is 13.2 Å². The Morgan fingerprint density at radius 2 is 1.29 bits per heavy atom. The lowest BCUT2D eigenvalue weighted by atomic mass is 10.3. The predicted molar refractivity (Wildman–Crippen MR) is 58.7 cm³/mol. The zero-order chi connectivity index (χ0) is 11.1. The van der Waals surface area contributed by atoms with E-state index in [9.17, 15) is 9.59 Å². The highest BCUT2D eigenvalue weighted by Crippen LogP contribution is 2.17. The number of halogens is 2. The Balaban J connectivity index is 4.16. The molecular formula is C8H12Br2O4. The largest absolute Gasteiger partial charge is 0.465 e. The van der Waals surface area contributed by atoms with Crippen LogP contribution in [0.4, 0.5) is 0 Å². The molecule has 0 saturated heterocycles. The van der Waals surface area contributed by atoms with Crippen LogP contribution in [0.15, 0.2) is 0 Å². The van der Waals surface area contributed by atoms with E-state index < -0.39 is 21.6 Å². The highest BCUT2D eigenvalue weighted by Gasteiger charge is 2.31. The van der Waals surface area contributed by atoms with Crippen LogP contribution < -0.4 is 0 Å². The maximum absolute atomic E-state index is 11.2. The number of esters is 2. The van der Waals surface area contributed by atoms with Gasteiger partial charge in [-0.05, 0) is 13.8 Å². The Bertz CT molecular complexity index is 186. The van der Waals surface area contributed by atoms with Crippen molar-refractivity contribution in [1.82, 2.24) is 0 Å². The third kappa shape index (κ3) is 4.41. The van der Waals surface area contributed by atoms with Crippen molar-refractivity contribution in [2.24, 2.45) is 0 Å². The smallest absolute Gasteiger partial charge is 0.321 e. The molecule has 0 fully saturated rings. The minimum absolute atomic E-state index is 0.281. The third-order valence-electron chi connectivity index (χ3n) is 1.28. The fourth-order valence-corrected chi connectivity index (χ4v) is 1.38. The lowest BCUT2D eigenvalue weighted by molar-refractivity contribution is -0.148. The minimum atomic E-state index is -0.721. The summed E-state index contributed by atoms with van der Waals surface area (Å²) in [6.07, 6.45) is 0. The van der Waals surface area contributed by atoms with Crippen molar-refractivity contribution in [2.45, 2.75) is 23.5 Å². The van der Waals surface area contributed by atoms with E-state index in [0.29, 0.717) is 0 Å². The molecule has 0 unspecified atom stereocenters. The Labute approximate surface area is 99.6 Å². The molecule has 14 heavy (non-hydrogen) atoms. The molecule has 0 spiro atoms. The first kappa shape index (κ1) is 13.9. The third-order valence-corrected chi connectivity index (χ3v) is 3.79. The first-order valence-corrected chi connectivity index (χ1v) is 5.99. The van der Waals surface area contributed by atoms with Crippen molar-refractivity contribution in [3.05, 3.63) is 0 Å². The van der Waals surface area contributed by atoms with Gasteiger partial charge in [0.05, 0.1) is 13.2 Å². The fraction of sp³-hybridized carbons (Fsp3) is 0.750. The topological polar surface area (TPSA) is 52.6 Å². The number of rotatable bonds is 5. The van der Waals surface area contributed by atoms with Crippen LogP contribution in [-0.4, -0.2) is 34.8 Å². The fourth-order valence-electron chi connectivity index (χ4n) is 0.683. The van der Waals surface area contributed by atoms with Crippen LogP contribution >= 0.6 is 31.9 Å². The Morgan fingerprint density at radius 3 is 1.50 bits per heavy atom. The predicted octanol–water partition coefficient (Wildman–Crippen LogP) is 1.64. The Kier molecular flexibility index (Phi) is 7.17. The molecule has 0 aliphatic rings. The van der Waals surface area contributed by atoms with E-state index in [1.165, 1.54) is 0 Å². The SMILES string of the molecule is CCOC(=O)[C@@H](Br)[C@H](Br)C(=O)OCC. The second kappa shape index (κ2) is 7.23. The summed E-state index contributed by atoms with van der Waals surface area (Å²) in [5, 5.41) is 0. The lowest BCUT2D eigenvalue weighted by Crippen LogP contribution is -2.33. The molecule has 4 nitrogen and oxygen atoms in total. The highest BCUT2D eigenvalue weighted by atomic mass is 79.9. The minimum Gasteiger partial charge on any atom is -0.465 e. The first-order valence-electron chi connectivity index (χ1n) is 4.16. The summed E-state index contributed by atoms with van der Waals surface area (Å²) in [6, 6.07) is 0. The average Bonchev–Trinajstić information content (AvgIpc) is 2.16. The molecule has 0 heterocycles. The van der Waals surface area contributed by atoms with Gasteiger partial charge in [0.15, 0.2) is 0 Å². The maximum Gasteiger partial charge on any atom is 0.321 e. The number of carbonyl (C=O) groups excluding carboxylic acids is 2. The van der Waals surface area contributed by atoms with Crippen LogP contribution in [0.1, 0.15) is 13.8 Å². The number of carbonyl (C=O) groups is 2. The number of ether oxygens (including phenoxy) is 2. The molecule has 82 valence electrons. The van der Waals surface area contributed by atoms with Crippen molar-refractivity contribution in [3.8, 4) is 0 Å². The zero-order valence-electron chi connectivity index (χ0n) is 7.96. The summed E-state index contributed by atoms with van der Waals surface area (Å²) in [5.74, 6) is -0.968. The summed E-state index contributed by atoms with van der Waals surface area (Å²) < 4.78 is 9.46. The second-order valence-corrected chi connectivity index (χ2v) is 4.28. The molecule has 0 aromatic heterocycles. The summed E-state index contributed by atoms with van der Waals surface area (Å²) in [6.45, 7) is 3.96. The molecule has 0 aliphatic carbocycles. The van der Waals surface area contributed by atoms with Crippen molar-refractivity contribution in [1.29, 1.82) is 0 Å². The second-order valence-electron chi connectivity index (χ2n) is 2.31. The van der Waals surface area contributed by atoms with Gasteiger partial charge in [0.1, 0.15) is 9.65 Å². The van der Waals surface area contributed by atoms with E-state index in [2.05, 4.69) is 31.9 Å². The number of hydrogen-bond donors (Lipinski definition) is 0.